The SMILES string of the molecule is C=CCN/C(SC)=C(\C#N)C(N)=O. The summed E-state index contributed by atoms with van der Waals surface area (Å²) in [6.45, 7) is 4.00. The third kappa shape index (κ3) is 3.67. The van der Waals surface area contributed by atoms with Crippen LogP contribution in [0, 0.1) is 11.3 Å². The molecular weight excluding hydrogens is 186 g/mol. The van der Waals surface area contributed by atoms with E-state index in [9.17, 15) is 4.79 Å². The number of rotatable bonds is 5. The standard InChI is InChI=1S/C8H11N3OS/c1-3-4-11-8(13-2)6(5-9)7(10)12/h3,11H,1,4H2,2H3,(H2,10,12)/b8-6-. The Morgan fingerprint density at radius 1 is 1.85 bits per heavy atom. The first-order valence-electron chi connectivity index (χ1n) is 3.50. The lowest BCUT2D eigenvalue weighted by Gasteiger charge is -2.06. The summed E-state index contributed by atoms with van der Waals surface area (Å²) in [5.74, 6) is -0.719. The Morgan fingerprint density at radius 3 is 2.77 bits per heavy atom. The summed E-state index contributed by atoms with van der Waals surface area (Å²) < 4.78 is 0. The maximum Gasteiger partial charge on any atom is 0.262 e. The number of nitriles is 1. The van der Waals surface area contributed by atoms with Gasteiger partial charge in [0.1, 0.15) is 11.6 Å². The molecule has 0 aromatic heterocycles. The molecule has 4 nitrogen and oxygen atoms in total. The van der Waals surface area contributed by atoms with Gasteiger partial charge in [0, 0.05) is 6.54 Å². The number of carbonyl (C=O) groups excluding carboxylic acids is 1. The first kappa shape index (κ1) is 11.6. The van der Waals surface area contributed by atoms with E-state index in [1.54, 1.807) is 18.4 Å². The van der Waals surface area contributed by atoms with E-state index < -0.39 is 5.91 Å². The van der Waals surface area contributed by atoms with Crippen molar-refractivity contribution in [2.45, 2.75) is 0 Å². The average Bonchev–Trinajstić information content (AvgIpc) is 2.11. The zero-order valence-corrected chi connectivity index (χ0v) is 8.15. The van der Waals surface area contributed by atoms with Gasteiger partial charge in [0.25, 0.3) is 5.91 Å². The van der Waals surface area contributed by atoms with Crippen molar-refractivity contribution in [1.82, 2.24) is 5.32 Å². The van der Waals surface area contributed by atoms with Gasteiger partial charge in [-0.1, -0.05) is 6.08 Å². The fourth-order valence-electron chi connectivity index (χ4n) is 0.645. The molecule has 0 aliphatic heterocycles. The number of amides is 1. The first-order chi connectivity index (χ1) is 6.17. The summed E-state index contributed by atoms with van der Waals surface area (Å²) in [5.41, 5.74) is 4.95. The van der Waals surface area contributed by atoms with E-state index in [1.165, 1.54) is 11.8 Å². The number of hydrogen-bond acceptors (Lipinski definition) is 4. The van der Waals surface area contributed by atoms with E-state index in [0.717, 1.165) is 0 Å². The van der Waals surface area contributed by atoms with E-state index in [2.05, 4.69) is 11.9 Å². The second kappa shape index (κ2) is 6.14. The number of thioether (sulfide) groups is 1. The summed E-state index contributed by atoms with van der Waals surface area (Å²) in [7, 11) is 0. The number of nitrogens with one attached hydrogen (secondary N) is 1. The van der Waals surface area contributed by atoms with E-state index in [1.807, 2.05) is 0 Å². The molecule has 0 bridgehead atoms. The minimum absolute atomic E-state index is 0.0469. The van der Waals surface area contributed by atoms with E-state index in [4.69, 9.17) is 11.0 Å². The fourth-order valence-corrected chi connectivity index (χ4v) is 1.22. The van der Waals surface area contributed by atoms with Crippen molar-refractivity contribution in [1.29, 1.82) is 5.26 Å². The minimum Gasteiger partial charge on any atom is -0.375 e. The van der Waals surface area contributed by atoms with E-state index >= 15 is 0 Å². The molecule has 0 fully saturated rings. The molecule has 0 aliphatic carbocycles. The maximum atomic E-state index is 10.8. The van der Waals surface area contributed by atoms with Gasteiger partial charge in [-0.2, -0.15) is 5.26 Å². The summed E-state index contributed by atoms with van der Waals surface area (Å²) in [5, 5.41) is 11.9. The van der Waals surface area contributed by atoms with Gasteiger partial charge in [0.05, 0.1) is 5.03 Å². The number of nitrogens with zero attached hydrogens (tertiary/aromatic N) is 1. The largest absolute Gasteiger partial charge is 0.375 e. The summed E-state index contributed by atoms with van der Waals surface area (Å²) in [6, 6.07) is 1.75. The third-order valence-corrected chi connectivity index (χ3v) is 1.95. The summed E-state index contributed by atoms with van der Waals surface area (Å²) in [4.78, 5) is 10.8. The maximum absolute atomic E-state index is 10.8. The van der Waals surface area contributed by atoms with Crippen molar-refractivity contribution in [3.8, 4) is 6.07 Å². The van der Waals surface area contributed by atoms with Crippen LogP contribution in [0.1, 0.15) is 0 Å². The highest BCUT2D eigenvalue weighted by molar-refractivity contribution is 8.02. The van der Waals surface area contributed by atoms with E-state index in [-0.39, 0.29) is 5.57 Å². The number of primary amides is 1. The quantitative estimate of drug-likeness (QED) is 0.378. The average molecular weight is 197 g/mol. The molecule has 0 spiro atoms. The first-order valence-corrected chi connectivity index (χ1v) is 4.72. The van der Waals surface area contributed by atoms with Crippen LogP contribution < -0.4 is 11.1 Å². The molecule has 1 amide bonds. The molecule has 0 aromatic carbocycles. The molecule has 0 heterocycles. The number of carbonyl (C=O) groups is 1. The van der Waals surface area contributed by atoms with E-state index in [0.29, 0.717) is 11.6 Å². The summed E-state index contributed by atoms with van der Waals surface area (Å²) in [6.07, 6.45) is 3.39. The van der Waals surface area contributed by atoms with Crippen LogP contribution in [0.15, 0.2) is 23.3 Å². The molecule has 70 valence electrons. The van der Waals surface area contributed by atoms with Gasteiger partial charge in [0.15, 0.2) is 0 Å². The highest BCUT2D eigenvalue weighted by Gasteiger charge is 2.10. The smallest absolute Gasteiger partial charge is 0.262 e. The van der Waals surface area contributed by atoms with Gasteiger partial charge < -0.3 is 11.1 Å². The Hall–Kier alpha value is -1.41. The van der Waals surface area contributed by atoms with Gasteiger partial charge >= 0.3 is 0 Å². The van der Waals surface area contributed by atoms with Gasteiger partial charge in [-0.05, 0) is 6.26 Å². The lowest BCUT2D eigenvalue weighted by molar-refractivity contribution is -0.114. The molecule has 0 unspecified atom stereocenters. The molecule has 0 atom stereocenters. The van der Waals surface area contributed by atoms with Gasteiger partial charge in [-0.15, -0.1) is 18.3 Å². The van der Waals surface area contributed by atoms with Crippen LogP contribution in [0.3, 0.4) is 0 Å². The molecule has 0 radical (unpaired) electrons. The highest BCUT2D eigenvalue weighted by atomic mass is 32.2. The molecule has 0 aliphatic rings. The van der Waals surface area contributed by atoms with Crippen LogP contribution in [0.2, 0.25) is 0 Å². The molecule has 0 saturated heterocycles. The molecule has 3 N–H and O–H groups in total. The molecule has 0 rings (SSSR count). The lowest BCUT2D eigenvalue weighted by Crippen LogP contribution is -2.20. The molecule has 5 heteroatoms. The zero-order chi connectivity index (χ0) is 10.3. The number of nitrogens with two attached hydrogens (primary N) is 1. The van der Waals surface area contributed by atoms with Gasteiger partial charge in [-0.25, -0.2) is 0 Å². The van der Waals surface area contributed by atoms with Crippen molar-refractivity contribution < 1.29 is 4.79 Å². The molecule has 13 heavy (non-hydrogen) atoms. The predicted octanol–water partition coefficient (Wildman–Crippen LogP) is 0.345. The Morgan fingerprint density at radius 2 is 2.46 bits per heavy atom. The molecule has 0 aromatic rings. The van der Waals surface area contributed by atoms with Crippen molar-refractivity contribution in [3.05, 3.63) is 23.3 Å². The number of hydrogen-bond donors (Lipinski definition) is 2. The Kier molecular flexibility index (Phi) is 5.48. The van der Waals surface area contributed by atoms with Crippen molar-refractivity contribution in [3.63, 3.8) is 0 Å². The zero-order valence-electron chi connectivity index (χ0n) is 7.33. The van der Waals surface area contributed by atoms with Crippen LogP contribution in [-0.4, -0.2) is 18.7 Å². The van der Waals surface area contributed by atoms with Crippen LogP contribution in [0.25, 0.3) is 0 Å². The monoisotopic (exact) mass is 197 g/mol. The minimum atomic E-state index is -0.719. The van der Waals surface area contributed by atoms with Crippen LogP contribution in [0.5, 0.6) is 0 Å². The van der Waals surface area contributed by atoms with Crippen LogP contribution in [0.4, 0.5) is 0 Å². The van der Waals surface area contributed by atoms with Crippen LogP contribution in [-0.2, 0) is 4.79 Å². The molecular formula is C8H11N3OS. The normalized spacial score (nSPS) is 11.1. The highest BCUT2D eigenvalue weighted by Crippen LogP contribution is 2.12. The second-order valence-electron chi connectivity index (χ2n) is 2.05. The van der Waals surface area contributed by atoms with Crippen molar-refractivity contribution in [2.24, 2.45) is 5.73 Å². The van der Waals surface area contributed by atoms with Gasteiger partial charge in [-0.3, -0.25) is 4.79 Å². The lowest BCUT2D eigenvalue weighted by atomic mass is 10.3. The topological polar surface area (TPSA) is 78.9 Å². The fraction of sp³-hybridized carbons (Fsp3) is 0.250. The Labute approximate surface area is 81.5 Å². The Balaban J connectivity index is 4.74. The predicted molar refractivity (Wildman–Crippen MR) is 53.5 cm³/mol. The summed E-state index contributed by atoms with van der Waals surface area (Å²) >= 11 is 1.27. The molecule has 0 saturated carbocycles. The van der Waals surface area contributed by atoms with Gasteiger partial charge in [0.2, 0.25) is 0 Å². The van der Waals surface area contributed by atoms with Crippen molar-refractivity contribution in [2.75, 3.05) is 12.8 Å². The second-order valence-corrected chi connectivity index (χ2v) is 2.87. The van der Waals surface area contributed by atoms with Crippen LogP contribution >= 0.6 is 11.8 Å². The third-order valence-electron chi connectivity index (χ3n) is 1.20. The Bertz CT molecular complexity index is 278. The van der Waals surface area contributed by atoms with Crippen molar-refractivity contribution >= 4 is 17.7 Å².